The van der Waals surface area contributed by atoms with Crippen molar-refractivity contribution in [2.24, 2.45) is 0 Å². The van der Waals surface area contributed by atoms with Gasteiger partial charge in [-0.3, -0.25) is 4.79 Å². The lowest BCUT2D eigenvalue weighted by Crippen LogP contribution is -2.26. The van der Waals surface area contributed by atoms with Gasteiger partial charge in [-0.1, -0.05) is 54.9 Å². The monoisotopic (exact) mass is 371 g/mol. The second-order valence-corrected chi connectivity index (χ2v) is 8.04. The molecule has 0 atom stereocenters. The minimum Gasteiger partial charge on any atom is -0.355 e. The first-order chi connectivity index (χ1) is 12.6. The molecule has 3 rings (SSSR count). The molecule has 26 heavy (non-hydrogen) atoms. The number of rotatable bonds is 8. The van der Waals surface area contributed by atoms with Crippen LogP contribution in [0.1, 0.15) is 55.1 Å². The van der Waals surface area contributed by atoms with Gasteiger partial charge in [-0.05, 0) is 45.1 Å². The lowest BCUT2D eigenvalue weighted by atomic mass is 10.1. The molecule has 1 aromatic carbocycles. The van der Waals surface area contributed by atoms with Gasteiger partial charge in [-0.25, -0.2) is 4.98 Å². The van der Waals surface area contributed by atoms with Crippen molar-refractivity contribution >= 4 is 17.7 Å². The standard InChI is InChI=1S/C21H29N3OS/c1-16-17(2)24(19-12-6-7-13-19)21(23-16)26-15-20(25)22-14-8-11-18-9-4-3-5-10-18/h3-5,9-10,19H,6-8,11-15H2,1-2H3,(H,22,25). The van der Waals surface area contributed by atoms with Crippen LogP contribution in [0, 0.1) is 13.8 Å². The molecular weight excluding hydrogens is 342 g/mol. The Kier molecular flexibility index (Phi) is 6.78. The first kappa shape index (κ1) is 19.0. The van der Waals surface area contributed by atoms with E-state index in [0.717, 1.165) is 30.2 Å². The smallest absolute Gasteiger partial charge is 0.230 e. The molecule has 1 N–H and O–H groups in total. The second-order valence-electron chi connectivity index (χ2n) is 7.10. The minimum atomic E-state index is 0.0966. The molecule has 1 fully saturated rings. The van der Waals surface area contributed by atoms with Crippen LogP contribution in [0.25, 0.3) is 0 Å². The van der Waals surface area contributed by atoms with Gasteiger partial charge in [-0.15, -0.1) is 0 Å². The number of thioether (sulfide) groups is 1. The van der Waals surface area contributed by atoms with Crippen LogP contribution < -0.4 is 5.32 Å². The fourth-order valence-electron chi connectivity index (χ4n) is 3.64. The highest BCUT2D eigenvalue weighted by Crippen LogP contribution is 2.35. The Morgan fingerprint density at radius 2 is 1.96 bits per heavy atom. The van der Waals surface area contributed by atoms with E-state index in [1.165, 1.54) is 36.9 Å². The maximum absolute atomic E-state index is 12.2. The van der Waals surface area contributed by atoms with Crippen LogP contribution in [0.15, 0.2) is 35.5 Å². The van der Waals surface area contributed by atoms with Crippen LogP contribution in [0.3, 0.4) is 0 Å². The number of imidazole rings is 1. The lowest BCUT2D eigenvalue weighted by molar-refractivity contribution is -0.118. The Bertz CT molecular complexity index is 720. The molecule has 2 aromatic rings. The Morgan fingerprint density at radius 1 is 1.23 bits per heavy atom. The predicted octanol–water partition coefficient (Wildman–Crippen LogP) is 4.46. The summed E-state index contributed by atoms with van der Waals surface area (Å²) in [5, 5.41) is 4.04. The third kappa shape index (κ3) is 4.91. The second kappa shape index (κ2) is 9.26. The van der Waals surface area contributed by atoms with Crippen molar-refractivity contribution in [1.29, 1.82) is 0 Å². The van der Waals surface area contributed by atoms with Crippen molar-refractivity contribution in [1.82, 2.24) is 14.9 Å². The highest BCUT2D eigenvalue weighted by atomic mass is 32.2. The van der Waals surface area contributed by atoms with Gasteiger partial charge in [-0.2, -0.15) is 0 Å². The normalized spacial score (nSPS) is 14.7. The summed E-state index contributed by atoms with van der Waals surface area (Å²) in [6.45, 7) is 4.94. The van der Waals surface area contributed by atoms with Crippen molar-refractivity contribution in [3.05, 3.63) is 47.3 Å². The van der Waals surface area contributed by atoms with Crippen molar-refractivity contribution in [2.75, 3.05) is 12.3 Å². The van der Waals surface area contributed by atoms with E-state index in [0.29, 0.717) is 11.8 Å². The van der Waals surface area contributed by atoms with Crippen molar-refractivity contribution in [3.63, 3.8) is 0 Å². The molecule has 1 aliphatic carbocycles. The maximum Gasteiger partial charge on any atom is 0.230 e. The predicted molar refractivity (Wildman–Crippen MR) is 108 cm³/mol. The summed E-state index contributed by atoms with van der Waals surface area (Å²) in [5.41, 5.74) is 3.66. The molecule has 1 aliphatic rings. The van der Waals surface area contributed by atoms with E-state index in [1.54, 1.807) is 11.8 Å². The Hall–Kier alpha value is -1.75. The third-order valence-corrected chi connectivity index (χ3v) is 6.14. The Morgan fingerprint density at radius 3 is 2.69 bits per heavy atom. The van der Waals surface area contributed by atoms with Crippen LogP contribution in [-0.4, -0.2) is 27.8 Å². The third-order valence-electron chi connectivity index (χ3n) is 5.18. The summed E-state index contributed by atoms with van der Waals surface area (Å²) in [6, 6.07) is 11.0. The average molecular weight is 372 g/mol. The molecule has 1 aromatic heterocycles. The first-order valence-corrected chi connectivity index (χ1v) is 10.6. The summed E-state index contributed by atoms with van der Waals surface area (Å²) in [4.78, 5) is 16.9. The van der Waals surface area contributed by atoms with Crippen molar-refractivity contribution in [3.8, 4) is 0 Å². The van der Waals surface area contributed by atoms with Crippen LogP contribution >= 0.6 is 11.8 Å². The average Bonchev–Trinajstić information content (AvgIpc) is 3.26. The minimum absolute atomic E-state index is 0.0966. The SMILES string of the molecule is Cc1nc(SCC(=O)NCCCc2ccccc2)n(C2CCCC2)c1C. The Balaban J connectivity index is 1.45. The zero-order chi connectivity index (χ0) is 18.4. The van der Waals surface area contributed by atoms with Gasteiger partial charge in [0.25, 0.3) is 0 Å². The molecule has 1 amide bonds. The van der Waals surface area contributed by atoms with Gasteiger partial charge >= 0.3 is 0 Å². The number of aryl methyl sites for hydroxylation is 2. The molecule has 1 saturated carbocycles. The molecule has 140 valence electrons. The topological polar surface area (TPSA) is 46.9 Å². The van der Waals surface area contributed by atoms with E-state index in [2.05, 4.69) is 48.0 Å². The highest BCUT2D eigenvalue weighted by molar-refractivity contribution is 7.99. The van der Waals surface area contributed by atoms with E-state index in [1.807, 2.05) is 6.07 Å². The number of aromatic nitrogens is 2. The Labute approximate surface area is 160 Å². The fraction of sp³-hybridized carbons (Fsp3) is 0.524. The molecule has 1 heterocycles. The molecule has 0 unspecified atom stereocenters. The van der Waals surface area contributed by atoms with E-state index >= 15 is 0 Å². The van der Waals surface area contributed by atoms with Crippen LogP contribution in [0.4, 0.5) is 0 Å². The number of hydrogen-bond acceptors (Lipinski definition) is 3. The van der Waals surface area contributed by atoms with Crippen molar-refractivity contribution in [2.45, 2.75) is 63.6 Å². The van der Waals surface area contributed by atoms with Crippen LogP contribution in [-0.2, 0) is 11.2 Å². The molecular formula is C21H29N3OS. The molecule has 0 aliphatic heterocycles. The molecule has 4 nitrogen and oxygen atoms in total. The molecule has 5 heteroatoms. The van der Waals surface area contributed by atoms with E-state index in [9.17, 15) is 4.79 Å². The van der Waals surface area contributed by atoms with Crippen LogP contribution in [0.5, 0.6) is 0 Å². The van der Waals surface area contributed by atoms with Crippen molar-refractivity contribution < 1.29 is 4.79 Å². The summed E-state index contributed by atoms with van der Waals surface area (Å²) < 4.78 is 2.37. The largest absolute Gasteiger partial charge is 0.355 e. The summed E-state index contributed by atoms with van der Waals surface area (Å²) in [5.74, 6) is 0.535. The van der Waals surface area contributed by atoms with Gasteiger partial charge in [0.2, 0.25) is 5.91 Å². The zero-order valence-electron chi connectivity index (χ0n) is 15.8. The number of benzene rings is 1. The quantitative estimate of drug-likeness (QED) is 0.551. The molecule has 0 radical (unpaired) electrons. The summed E-state index contributed by atoms with van der Waals surface area (Å²) >= 11 is 1.57. The maximum atomic E-state index is 12.2. The van der Waals surface area contributed by atoms with Gasteiger partial charge in [0.1, 0.15) is 0 Å². The number of nitrogens with zero attached hydrogens (tertiary/aromatic N) is 2. The number of carbonyl (C=O) groups is 1. The van der Waals surface area contributed by atoms with Gasteiger partial charge in [0.15, 0.2) is 5.16 Å². The highest BCUT2D eigenvalue weighted by Gasteiger charge is 2.23. The number of amides is 1. The first-order valence-electron chi connectivity index (χ1n) is 9.64. The summed E-state index contributed by atoms with van der Waals surface area (Å²) in [6.07, 6.45) is 7.03. The van der Waals surface area contributed by atoms with Crippen LogP contribution in [0.2, 0.25) is 0 Å². The van der Waals surface area contributed by atoms with Gasteiger partial charge in [0, 0.05) is 18.3 Å². The van der Waals surface area contributed by atoms with E-state index < -0.39 is 0 Å². The van der Waals surface area contributed by atoms with Gasteiger partial charge < -0.3 is 9.88 Å². The van der Waals surface area contributed by atoms with E-state index in [4.69, 9.17) is 4.98 Å². The molecule has 0 saturated heterocycles. The molecule has 0 bridgehead atoms. The van der Waals surface area contributed by atoms with E-state index in [-0.39, 0.29) is 5.91 Å². The summed E-state index contributed by atoms with van der Waals surface area (Å²) in [7, 11) is 0. The number of nitrogens with one attached hydrogen (secondary N) is 1. The number of carbonyl (C=O) groups excluding carboxylic acids is 1. The van der Waals surface area contributed by atoms with Gasteiger partial charge in [0.05, 0.1) is 11.4 Å². The molecule has 0 spiro atoms. The zero-order valence-corrected chi connectivity index (χ0v) is 16.6. The lowest BCUT2D eigenvalue weighted by Gasteiger charge is -2.16. The number of hydrogen-bond donors (Lipinski definition) is 1. The fourth-order valence-corrected chi connectivity index (χ4v) is 4.63.